The highest BCUT2D eigenvalue weighted by molar-refractivity contribution is 6.42. The van der Waals surface area contributed by atoms with Gasteiger partial charge in [-0.3, -0.25) is 9.69 Å². The zero-order chi connectivity index (χ0) is 19.7. The fourth-order valence-electron chi connectivity index (χ4n) is 4.30. The average molecular weight is 456 g/mol. The van der Waals surface area contributed by atoms with E-state index in [1.54, 1.807) is 12.1 Å². The van der Waals surface area contributed by atoms with Crippen molar-refractivity contribution in [3.8, 4) is 0 Å². The molecule has 156 valence electrons. The van der Waals surface area contributed by atoms with Crippen molar-refractivity contribution in [2.75, 3.05) is 26.2 Å². The number of aliphatic hydroxyl groups excluding tert-OH is 1. The number of nitrogens with zero attached hydrogens (tertiary/aromatic N) is 2. The van der Waals surface area contributed by atoms with Crippen LogP contribution in [0.3, 0.4) is 0 Å². The number of hydrogen-bond acceptors (Lipinski definition) is 3. The Morgan fingerprint density at radius 2 is 1.90 bits per heavy atom. The van der Waals surface area contributed by atoms with Gasteiger partial charge in [0.1, 0.15) is 0 Å². The topological polar surface area (TPSA) is 43.8 Å². The predicted molar refractivity (Wildman–Crippen MR) is 119 cm³/mol. The average Bonchev–Trinajstić information content (AvgIpc) is 3.09. The second-order valence-corrected chi connectivity index (χ2v) is 8.49. The number of amides is 1. The van der Waals surface area contributed by atoms with Gasteiger partial charge in [0.15, 0.2) is 0 Å². The van der Waals surface area contributed by atoms with Gasteiger partial charge in [-0.15, -0.1) is 12.4 Å². The van der Waals surface area contributed by atoms with Crippen molar-refractivity contribution in [2.24, 2.45) is 0 Å². The van der Waals surface area contributed by atoms with Crippen LogP contribution in [-0.2, 0) is 17.6 Å². The summed E-state index contributed by atoms with van der Waals surface area (Å²) in [6.07, 6.45) is 1.70. The first-order chi connectivity index (χ1) is 13.5. The molecule has 1 fully saturated rings. The number of β-amino-alcohol motifs (C(OH)–C–C–N with tert-alkyl or cyclic N) is 1. The Morgan fingerprint density at radius 3 is 2.62 bits per heavy atom. The van der Waals surface area contributed by atoms with Crippen molar-refractivity contribution in [1.29, 1.82) is 0 Å². The minimum absolute atomic E-state index is 0. The Kier molecular flexibility index (Phi) is 7.47. The van der Waals surface area contributed by atoms with Crippen LogP contribution in [0.15, 0.2) is 42.5 Å². The molecule has 2 aliphatic rings. The van der Waals surface area contributed by atoms with E-state index >= 15 is 0 Å². The maximum absolute atomic E-state index is 13.2. The van der Waals surface area contributed by atoms with Crippen molar-refractivity contribution >= 4 is 41.5 Å². The summed E-state index contributed by atoms with van der Waals surface area (Å²) in [5.74, 6) is 0.0950. The normalized spacial score (nSPS) is 21.6. The third-order valence-corrected chi connectivity index (χ3v) is 6.49. The van der Waals surface area contributed by atoms with E-state index in [0.717, 1.165) is 31.5 Å². The highest BCUT2D eigenvalue weighted by Gasteiger charge is 2.33. The van der Waals surface area contributed by atoms with Gasteiger partial charge in [0.25, 0.3) is 0 Å². The van der Waals surface area contributed by atoms with Gasteiger partial charge in [-0.1, -0.05) is 53.5 Å². The van der Waals surface area contributed by atoms with Gasteiger partial charge in [-0.2, -0.15) is 0 Å². The Morgan fingerprint density at radius 1 is 1.10 bits per heavy atom. The minimum Gasteiger partial charge on any atom is -0.392 e. The number of carbonyl (C=O) groups is 1. The van der Waals surface area contributed by atoms with Crippen molar-refractivity contribution in [1.82, 2.24) is 9.80 Å². The maximum Gasteiger partial charge on any atom is 0.227 e. The predicted octanol–water partition coefficient (Wildman–Crippen LogP) is 4.15. The Bertz CT molecular complexity index is 877. The van der Waals surface area contributed by atoms with Gasteiger partial charge in [0.05, 0.1) is 28.6 Å². The van der Waals surface area contributed by atoms with E-state index < -0.39 is 0 Å². The molecule has 0 aromatic heterocycles. The third kappa shape index (κ3) is 5.07. The van der Waals surface area contributed by atoms with Crippen LogP contribution in [0.2, 0.25) is 10.0 Å². The Labute approximate surface area is 187 Å². The lowest BCUT2D eigenvalue weighted by molar-refractivity contribution is -0.133. The number of fused-ring (bicyclic) bond motifs is 1. The molecule has 4 rings (SSSR count). The first-order valence-electron chi connectivity index (χ1n) is 9.73. The van der Waals surface area contributed by atoms with Gasteiger partial charge in [-0.25, -0.2) is 0 Å². The summed E-state index contributed by atoms with van der Waals surface area (Å²) in [6, 6.07) is 13.8. The van der Waals surface area contributed by atoms with Crippen molar-refractivity contribution < 1.29 is 9.90 Å². The van der Waals surface area contributed by atoms with E-state index in [-0.39, 0.29) is 30.5 Å². The quantitative estimate of drug-likeness (QED) is 0.753. The SMILES string of the molecule is Cl.O=C(Cc1ccc(Cl)c(Cl)c1)N1CCc2ccccc2C1CN1CCC(O)C1. The number of aliphatic hydroxyl groups is 1. The summed E-state index contributed by atoms with van der Waals surface area (Å²) < 4.78 is 0. The molecule has 29 heavy (non-hydrogen) atoms. The van der Waals surface area contributed by atoms with Crippen LogP contribution in [0.1, 0.15) is 29.2 Å². The number of rotatable bonds is 4. The molecule has 4 nitrogen and oxygen atoms in total. The lowest BCUT2D eigenvalue weighted by Crippen LogP contribution is -2.45. The number of carbonyl (C=O) groups excluding carboxylic acids is 1. The van der Waals surface area contributed by atoms with E-state index in [1.165, 1.54) is 11.1 Å². The molecule has 2 aliphatic heterocycles. The zero-order valence-corrected chi connectivity index (χ0v) is 18.4. The maximum atomic E-state index is 13.2. The fourth-order valence-corrected chi connectivity index (χ4v) is 4.62. The van der Waals surface area contributed by atoms with Crippen LogP contribution in [-0.4, -0.2) is 53.1 Å². The molecule has 0 radical (unpaired) electrons. The highest BCUT2D eigenvalue weighted by Crippen LogP contribution is 2.32. The van der Waals surface area contributed by atoms with Crippen LogP contribution in [0.5, 0.6) is 0 Å². The summed E-state index contributed by atoms with van der Waals surface area (Å²) in [5, 5.41) is 10.9. The molecule has 2 aromatic carbocycles. The lowest BCUT2D eigenvalue weighted by Gasteiger charge is -2.39. The summed E-state index contributed by atoms with van der Waals surface area (Å²) in [4.78, 5) is 17.5. The minimum atomic E-state index is -0.265. The molecule has 2 heterocycles. The molecule has 0 bridgehead atoms. The van der Waals surface area contributed by atoms with Crippen molar-refractivity contribution in [3.05, 3.63) is 69.2 Å². The molecule has 2 atom stereocenters. The van der Waals surface area contributed by atoms with E-state index in [9.17, 15) is 9.90 Å². The monoisotopic (exact) mass is 454 g/mol. The Balaban J connectivity index is 0.00000240. The summed E-state index contributed by atoms with van der Waals surface area (Å²) >= 11 is 12.1. The second kappa shape index (κ2) is 9.67. The van der Waals surface area contributed by atoms with Crippen LogP contribution >= 0.6 is 35.6 Å². The highest BCUT2D eigenvalue weighted by atomic mass is 35.5. The second-order valence-electron chi connectivity index (χ2n) is 7.68. The van der Waals surface area contributed by atoms with Gasteiger partial charge in [-0.05, 0) is 41.7 Å². The molecular weight excluding hydrogens is 431 g/mol. The molecule has 2 unspecified atom stereocenters. The van der Waals surface area contributed by atoms with E-state index in [4.69, 9.17) is 23.2 Å². The Hall–Kier alpha value is -1.30. The lowest BCUT2D eigenvalue weighted by atomic mass is 9.91. The van der Waals surface area contributed by atoms with Crippen LogP contribution in [0.4, 0.5) is 0 Å². The molecule has 2 aromatic rings. The van der Waals surface area contributed by atoms with E-state index in [1.807, 2.05) is 17.0 Å². The first kappa shape index (κ1) is 22.4. The molecule has 7 heteroatoms. The molecular formula is C22H25Cl3N2O2. The smallest absolute Gasteiger partial charge is 0.227 e. The third-order valence-electron chi connectivity index (χ3n) is 5.75. The molecule has 1 saturated heterocycles. The van der Waals surface area contributed by atoms with Crippen LogP contribution < -0.4 is 0 Å². The summed E-state index contributed by atoms with van der Waals surface area (Å²) in [6.45, 7) is 3.00. The standard InChI is InChI=1S/C22H24Cl2N2O2.ClH/c23-19-6-5-15(11-20(19)24)12-22(28)26-10-7-16-3-1-2-4-18(16)21(26)14-25-9-8-17(27)13-25;/h1-6,11,17,21,27H,7-10,12-14H2;1H. The van der Waals surface area contributed by atoms with E-state index in [2.05, 4.69) is 23.1 Å². The number of benzene rings is 2. The molecule has 0 saturated carbocycles. The first-order valence-corrected chi connectivity index (χ1v) is 10.5. The number of likely N-dealkylation sites (tertiary alicyclic amines) is 1. The van der Waals surface area contributed by atoms with Crippen molar-refractivity contribution in [3.63, 3.8) is 0 Å². The van der Waals surface area contributed by atoms with Gasteiger partial charge in [0, 0.05) is 26.2 Å². The van der Waals surface area contributed by atoms with Gasteiger partial charge in [0.2, 0.25) is 5.91 Å². The van der Waals surface area contributed by atoms with Gasteiger partial charge >= 0.3 is 0 Å². The molecule has 1 amide bonds. The van der Waals surface area contributed by atoms with Gasteiger partial charge < -0.3 is 10.0 Å². The van der Waals surface area contributed by atoms with Crippen LogP contribution in [0, 0.1) is 0 Å². The fraction of sp³-hybridized carbons (Fsp3) is 0.409. The number of hydrogen-bond donors (Lipinski definition) is 1. The summed E-state index contributed by atoms with van der Waals surface area (Å²) in [7, 11) is 0. The van der Waals surface area contributed by atoms with E-state index in [0.29, 0.717) is 29.6 Å². The number of halogens is 3. The molecule has 0 spiro atoms. The molecule has 0 aliphatic carbocycles. The largest absolute Gasteiger partial charge is 0.392 e. The summed E-state index contributed by atoms with van der Waals surface area (Å²) in [5.41, 5.74) is 3.40. The molecule has 1 N–H and O–H groups in total. The van der Waals surface area contributed by atoms with Crippen LogP contribution in [0.25, 0.3) is 0 Å². The zero-order valence-electron chi connectivity index (χ0n) is 16.1. The van der Waals surface area contributed by atoms with Crippen molar-refractivity contribution in [2.45, 2.75) is 31.4 Å².